The summed E-state index contributed by atoms with van der Waals surface area (Å²) in [7, 11) is 0. The number of hydrogen-bond donors (Lipinski definition) is 1. The summed E-state index contributed by atoms with van der Waals surface area (Å²) in [5.41, 5.74) is 6.15. The summed E-state index contributed by atoms with van der Waals surface area (Å²) in [5, 5.41) is 2.20. The Hall–Kier alpha value is -0.380. The molecule has 1 aromatic rings. The topological polar surface area (TPSA) is 29.3 Å². The molecule has 2 N–H and O–H groups in total. The van der Waals surface area contributed by atoms with Gasteiger partial charge >= 0.3 is 0 Å². The zero-order valence-electron chi connectivity index (χ0n) is 10.5. The van der Waals surface area contributed by atoms with Crippen LogP contribution in [0.5, 0.6) is 0 Å². The highest BCUT2D eigenvalue weighted by Crippen LogP contribution is 2.43. The highest BCUT2D eigenvalue weighted by molar-refractivity contribution is 7.10. The Kier molecular flexibility index (Phi) is 3.24. The van der Waals surface area contributed by atoms with Crippen LogP contribution >= 0.6 is 11.3 Å². The number of rotatable bonds is 3. The molecule has 2 bridgehead atoms. The minimum atomic E-state index is 0.449. The molecule has 2 saturated heterocycles. The van der Waals surface area contributed by atoms with Crippen molar-refractivity contribution in [2.24, 2.45) is 5.73 Å². The summed E-state index contributed by atoms with van der Waals surface area (Å²) in [5.74, 6) is 0. The summed E-state index contributed by atoms with van der Waals surface area (Å²) in [6, 6.07) is 7.06. The second-order valence-corrected chi connectivity index (χ2v) is 6.48. The largest absolute Gasteiger partial charge is 0.328 e. The molecule has 3 rings (SSSR count). The van der Waals surface area contributed by atoms with Gasteiger partial charge in [0.25, 0.3) is 0 Å². The second kappa shape index (κ2) is 4.71. The number of fused-ring (bicyclic) bond motifs is 2. The van der Waals surface area contributed by atoms with E-state index in [1.165, 1.54) is 32.1 Å². The average Bonchev–Trinajstić information content (AvgIpc) is 2.90. The molecule has 3 heteroatoms. The molecule has 2 aliphatic heterocycles. The maximum absolute atomic E-state index is 6.15. The number of nitrogens with zero attached hydrogens (tertiary/aromatic N) is 1. The molecule has 1 aromatic heterocycles. The smallest absolute Gasteiger partial charge is 0.0444 e. The highest BCUT2D eigenvalue weighted by Gasteiger charge is 2.42. The van der Waals surface area contributed by atoms with Crippen molar-refractivity contribution in [3.63, 3.8) is 0 Å². The molecule has 2 fully saturated rings. The van der Waals surface area contributed by atoms with Gasteiger partial charge in [-0.2, -0.15) is 0 Å². The van der Waals surface area contributed by atoms with E-state index < -0.39 is 0 Å². The Morgan fingerprint density at radius 1 is 1.41 bits per heavy atom. The van der Waals surface area contributed by atoms with Crippen LogP contribution in [-0.4, -0.2) is 23.0 Å². The van der Waals surface area contributed by atoms with E-state index in [-0.39, 0.29) is 0 Å². The van der Waals surface area contributed by atoms with E-state index in [1.54, 1.807) is 4.88 Å². The number of nitrogens with two attached hydrogens (primary N) is 1. The van der Waals surface area contributed by atoms with Gasteiger partial charge in [0, 0.05) is 29.0 Å². The Labute approximate surface area is 108 Å². The van der Waals surface area contributed by atoms with E-state index in [9.17, 15) is 0 Å². The SMILES string of the molecule is CCC(c1cccs1)N1C2CCC1CC(N)C2. The lowest BCUT2D eigenvalue weighted by atomic mass is 9.95. The van der Waals surface area contributed by atoms with E-state index in [4.69, 9.17) is 5.73 Å². The predicted octanol–water partition coefficient (Wildman–Crippen LogP) is 3.15. The van der Waals surface area contributed by atoms with Crippen molar-refractivity contribution >= 4 is 11.3 Å². The van der Waals surface area contributed by atoms with Crippen molar-refractivity contribution in [1.82, 2.24) is 4.90 Å². The molecule has 3 heterocycles. The maximum Gasteiger partial charge on any atom is 0.0444 e. The Balaban J connectivity index is 1.84. The van der Waals surface area contributed by atoms with Gasteiger partial charge in [0.1, 0.15) is 0 Å². The molecular weight excluding hydrogens is 228 g/mol. The van der Waals surface area contributed by atoms with Gasteiger partial charge < -0.3 is 5.73 Å². The molecule has 2 nitrogen and oxygen atoms in total. The first-order valence-corrected chi connectivity index (χ1v) is 7.74. The molecule has 94 valence electrons. The molecule has 0 radical (unpaired) electrons. The summed E-state index contributed by atoms with van der Waals surface area (Å²) in [6.45, 7) is 2.32. The Morgan fingerprint density at radius 3 is 2.65 bits per heavy atom. The molecule has 0 saturated carbocycles. The van der Waals surface area contributed by atoms with Crippen LogP contribution in [0.4, 0.5) is 0 Å². The van der Waals surface area contributed by atoms with Crippen molar-refractivity contribution in [2.75, 3.05) is 0 Å². The van der Waals surface area contributed by atoms with Crippen LogP contribution in [0.25, 0.3) is 0 Å². The summed E-state index contributed by atoms with van der Waals surface area (Å²) in [4.78, 5) is 4.33. The van der Waals surface area contributed by atoms with Crippen LogP contribution in [0.2, 0.25) is 0 Å². The summed E-state index contributed by atoms with van der Waals surface area (Å²) >= 11 is 1.91. The number of hydrogen-bond acceptors (Lipinski definition) is 3. The van der Waals surface area contributed by atoms with Crippen LogP contribution in [0.3, 0.4) is 0 Å². The molecule has 0 aromatic carbocycles. The van der Waals surface area contributed by atoms with E-state index in [0.29, 0.717) is 12.1 Å². The van der Waals surface area contributed by atoms with Gasteiger partial charge in [-0.3, -0.25) is 4.90 Å². The lowest BCUT2D eigenvalue weighted by molar-refractivity contribution is 0.0763. The predicted molar refractivity (Wildman–Crippen MR) is 73.2 cm³/mol. The molecule has 3 unspecified atom stereocenters. The lowest BCUT2D eigenvalue weighted by Crippen LogP contribution is -2.48. The van der Waals surface area contributed by atoms with Gasteiger partial charge in [0.15, 0.2) is 0 Å². The number of thiophene rings is 1. The van der Waals surface area contributed by atoms with E-state index in [1.807, 2.05) is 11.3 Å². The fourth-order valence-corrected chi connectivity index (χ4v) is 4.72. The van der Waals surface area contributed by atoms with Crippen molar-refractivity contribution in [1.29, 1.82) is 0 Å². The molecular formula is C14H22N2S. The van der Waals surface area contributed by atoms with Gasteiger partial charge in [0.05, 0.1) is 0 Å². The maximum atomic E-state index is 6.15. The fourth-order valence-electron chi connectivity index (χ4n) is 3.80. The molecule has 2 aliphatic rings. The van der Waals surface area contributed by atoms with E-state index >= 15 is 0 Å². The van der Waals surface area contributed by atoms with E-state index in [0.717, 1.165) is 12.1 Å². The van der Waals surface area contributed by atoms with Gasteiger partial charge in [-0.05, 0) is 43.6 Å². The van der Waals surface area contributed by atoms with Crippen molar-refractivity contribution in [3.05, 3.63) is 22.4 Å². The lowest BCUT2D eigenvalue weighted by Gasteiger charge is -2.42. The molecule has 17 heavy (non-hydrogen) atoms. The van der Waals surface area contributed by atoms with Crippen molar-refractivity contribution in [2.45, 2.75) is 63.2 Å². The molecule has 0 spiro atoms. The Morgan fingerprint density at radius 2 is 2.12 bits per heavy atom. The fraction of sp³-hybridized carbons (Fsp3) is 0.714. The minimum Gasteiger partial charge on any atom is -0.328 e. The van der Waals surface area contributed by atoms with Gasteiger partial charge in [-0.15, -0.1) is 11.3 Å². The van der Waals surface area contributed by atoms with Crippen molar-refractivity contribution in [3.8, 4) is 0 Å². The van der Waals surface area contributed by atoms with Gasteiger partial charge in [0.2, 0.25) is 0 Å². The zero-order chi connectivity index (χ0) is 11.8. The second-order valence-electron chi connectivity index (χ2n) is 5.50. The molecule has 0 aliphatic carbocycles. The van der Waals surface area contributed by atoms with Crippen LogP contribution < -0.4 is 5.73 Å². The number of piperidine rings is 1. The third kappa shape index (κ3) is 2.05. The first kappa shape index (κ1) is 11.7. The van der Waals surface area contributed by atoms with Crippen LogP contribution in [0.15, 0.2) is 17.5 Å². The minimum absolute atomic E-state index is 0.449. The summed E-state index contributed by atoms with van der Waals surface area (Å²) < 4.78 is 0. The Bertz CT molecular complexity index is 348. The molecule has 0 amide bonds. The van der Waals surface area contributed by atoms with Crippen LogP contribution in [-0.2, 0) is 0 Å². The third-order valence-electron chi connectivity index (χ3n) is 4.44. The van der Waals surface area contributed by atoms with Gasteiger partial charge in [-0.25, -0.2) is 0 Å². The summed E-state index contributed by atoms with van der Waals surface area (Å²) in [6.07, 6.45) is 6.36. The normalized spacial score (nSPS) is 35.1. The monoisotopic (exact) mass is 250 g/mol. The quantitative estimate of drug-likeness (QED) is 0.893. The highest BCUT2D eigenvalue weighted by atomic mass is 32.1. The van der Waals surface area contributed by atoms with Crippen LogP contribution in [0.1, 0.15) is 49.9 Å². The first-order chi connectivity index (χ1) is 8.29. The zero-order valence-corrected chi connectivity index (χ0v) is 11.3. The first-order valence-electron chi connectivity index (χ1n) is 6.86. The van der Waals surface area contributed by atoms with Crippen molar-refractivity contribution < 1.29 is 0 Å². The standard InChI is InChI=1S/C14H22N2S/c1-2-13(14-4-3-7-17-14)16-11-5-6-12(16)9-10(15)8-11/h3-4,7,10-13H,2,5-6,8-9,15H2,1H3. The van der Waals surface area contributed by atoms with Gasteiger partial charge in [-0.1, -0.05) is 13.0 Å². The average molecular weight is 250 g/mol. The van der Waals surface area contributed by atoms with Crippen LogP contribution in [0, 0.1) is 0 Å². The third-order valence-corrected chi connectivity index (χ3v) is 5.42. The molecule has 3 atom stereocenters. The van der Waals surface area contributed by atoms with E-state index in [2.05, 4.69) is 29.3 Å².